The summed E-state index contributed by atoms with van der Waals surface area (Å²) >= 11 is -1.02. The maximum Gasteiger partial charge on any atom is 0.179 e. The van der Waals surface area contributed by atoms with Crippen LogP contribution in [0.1, 0.15) is 31.4 Å². The van der Waals surface area contributed by atoms with Crippen molar-refractivity contribution in [2.75, 3.05) is 13.1 Å². The molecule has 1 aliphatic heterocycles. The topological polar surface area (TPSA) is 94.5 Å². The molecule has 2 unspecified atom stereocenters. The van der Waals surface area contributed by atoms with Gasteiger partial charge in [0.2, 0.25) is 0 Å². The molecule has 1 aromatic rings. The summed E-state index contributed by atoms with van der Waals surface area (Å²) in [6, 6.07) is 9.85. The zero-order valence-electron chi connectivity index (χ0n) is 16.8. The molecular weight excluding hydrogens is 433 g/mol. The average molecular weight is 463 g/mol. The molecule has 3 N–H and O–H groups in total. The van der Waals surface area contributed by atoms with Crippen LogP contribution in [0.25, 0.3) is 0 Å². The summed E-state index contributed by atoms with van der Waals surface area (Å²) in [6.45, 7) is 3.93. The van der Waals surface area contributed by atoms with E-state index < -0.39 is 25.9 Å². The molecule has 2 atom stereocenters. The van der Waals surface area contributed by atoms with Crippen molar-refractivity contribution in [3.8, 4) is 6.19 Å². The quantitative estimate of drug-likeness (QED) is 0.281. The molecule has 0 aromatic heterocycles. The van der Waals surface area contributed by atoms with Crippen molar-refractivity contribution < 1.29 is 4.21 Å². The van der Waals surface area contributed by atoms with Gasteiger partial charge in [0.15, 0.2) is 6.19 Å². The molecule has 6 nitrogen and oxygen atoms in total. The van der Waals surface area contributed by atoms with Crippen LogP contribution in [0.5, 0.6) is 0 Å². The number of rotatable bonds is 7. The smallest absolute Gasteiger partial charge is 0.179 e. The molecule has 0 amide bonds. The van der Waals surface area contributed by atoms with E-state index in [4.69, 9.17) is 11.0 Å². The second-order valence-electron chi connectivity index (χ2n) is 6.35. The third kappa shape index (κ3) is 9.89. The summed E-state index contributed by atoms with van der Waals surface area (Å²) < 4.78 is 19.6. The van der Waals surface area contributed by atoms with E-state index in [9.17, 15) is 4.21 Å². The number of hydrogen-bond acceptors (Lipinski definition) is 5. The van der Waals surface area contributed by atoms with Crippen LogP contribution in [0.2, 0.25) is 11.4 Å². The average Bonchev–Trinajstić information content (AvgIpc) is 3.23. The fourth-order valence-electron chi connectivity index (χ4n) is 2.34. The molecule has 8 heteroatoms. The third-order valence-electron chi connectivity index (χ3n) is 3.85. The Morgan fingerprint density at radius 2 is 2.00 bits per heavy atom. The predicted octanol–water partition coefficient (Wildman–Crippen LogP) is 3.24. The summed E-state index contributed by atoms with van der Waals surface area (Å²) in [5.74, 6) is 0. The summed E-state index contributed by atoms with van der Waals surface area (Å²) in [7, 11) is -1.35. The largest absolute Gasteiger partial charge is 0.311 e. The molecule has 2 rings (SSSR count). The van der Waals surface area contributed by atoms with Crippen LogP contribution in [0.4, 0.5) is 0 Å². The minimum absolute atomic E-state index is 0.0208. The molecular formula is C20H30AsN5OS. The maximum absolute atomic E-state index is 12.3. The van der Waals surface area contributed by atoms with E-state index in [0.717, 1.165) is 18.7 Å². The molecule has 0 bridgehead atoms. The van der Waals surface area contributed by atoms with Crippen LogP contribution in [0.15, 0.2) is 57.5 Å². The van der Waals surface area contributed by atoms with Crippen molar-refractivity contribution in [3.05, 3.63) is 59.2 Å². The molecule has 0 spiro atoms. The van der Waals surface area contributed by atoms with Crippen molar-refractivity contribution in [1.82, 2.24) is 9.62 Å². The zero-order chi connectivity index (χ0) is 20.8. The number of nitrogens with two attached hydrogens (primary N) is 1. The molecule has 0 aliphatic carbocycles. The van der Waals surface area contributed by atoms with Crippen molar-refractivity contribution >= 4 is 32.1 Å². The molecule has 152 valence electrons. The summed E-state index contributed by atoms with van der Waals surface area (Å²) in [6.07, 6.45) is 11.1. The summed E-state index contributed by atoms with van der Waals surface area (Å²) in [5, 5.41) is 8.24. The minimum Gasteiger partial charge on any atom is -0.311 e. The van der Waals surface area contributed by atoms with Crippen LogP contribution in [0.3, 0.4) is 0 Å². The predicted molar refractivity (Wildman–Crippen MR) is 120 cm³/mol. The number of nitrogens with one attached hydrogen (secondary N) is 1. The van der Waals surface area contributed by atoms with Gasteiger partial charge in [0, 0.05) is 13.1 Å². The normalized spacial score (nSPS) is 16.8. The molecule has 1 fully saturated rings. The summed E-state index contributed by atoms with van der Waals surface area (Å²) in [4.78, 5) is 2.33. The van der Waals surface area contributed by atoms with Gasteiger partial charge in [-0.15, -0.1) is 0 Å². The Balaban J connectivity index is 0.000000467. The number of allylic oxidation sites excluding steroid dienone is 2. The standard InChI is InChI=1S/C15H22AsN3OS.C5H8N2/c1-13(14-8-5-4-6-9-14)19-21(20)15(12-17)10-7-11-18-16(2)3;6-5-7-3-1-2-4-7/h4-13,19H,17H2,1-3H3;1-4H2/b10-7-,15-12+,18-11+;. The van der Waals surface area contributed by atoms with E-state index in [-0.39, 0.29) is 6.04 Å². The number of nitrogens with zero attached hydrogens (tertiary/aromatic N) is 3. The number of likely N-dealkylation sites (tertiary alicyclic amines) is 1. The Hall–Kier alpha value is -1.87. The molecule has 0 saturated carbocycles. The first-order chi connectivity index (χ1) is 13.5. The van der Waals surface area contributed by atoms with Crippen molar-refractivity contribution in [2.45, 2.75) is 37.2 Å². The minimum atomic E-state index is -1.35. The fourth-order valence-corrected chi connectivity index (χ4v) is 3.98. The van der Waals surface area contributed by atoms with Crippen LogP contribution in [-0.4, -0.2) is 43.3 Å². The first-order valence-corrected chi connectivity index (χ1v) is 14.9. The molecule has 1 saturated heterocycles. The van der Waals surface area contributed by atoms with Crippen LogP contribution >= 0.6 is 0 Å². The van der Waals surface area contributed by atoms with Gasteiger partial charge < -0.3 is 4.90 Å². The van der Waals surface area contributed by atoms with Crippen LogP contribution in [-0.2, 0) is 11.0 Å². The van der Waals surface area contributed by atoms with Crippen LogP contribution < -0.4 is 10.5 Å². The number of benzene rings is 1. The van der Waals surface area contributed by atoms with Gasteiger partial charge in [-0.3, -0.25) is 0 Å². The van der Waals surface area contributed by atoms with Gasteiger partial charge in [-0.05, 0) is 12.8 Å². The SMILES string of the molecule is CC(NS(=O)C(/C=C\C=N\[As](C)C)=C/N)c1ccccc1.N#CN1CCCC1. The van der Waals surface area contributed by atoms with Crippen molar-refractivity contribution in [2.24, 2.45) is 9.64 Å². The van der Waals surface area contributed by atoms with E-state index in [1.54, 1.807) is 23.3 Å². The first-order valence-electron chi connectivity index (χ1n) is 9.15. The Kier molecular flexibility index (Phi) is 12.2. The van der Waals surface area contributed by atoms with Gasteiger partial charge in [-0.2, -0.15) is 5.26 Å². The molecule has 1 aromatic carbocycles. The number of hydrogen-bond donors (Lipinski definition) is 2. The second-order valence-corrected chi connectivity index (χ2v) is 11.6. The van der Waals surface area contributed by atoms with Crippen LogP contribution in [0, 0.1) is 11.5 Å². The zero-order valence-corrected chi connectivity index (χ0v) is 19.5. The van der Waals surface area contributed by atoms with E-state index in [0.29, 0.717) is 4.91 Å². The molecule has 1 aliphatic rings. The Labute approximate surface area is 176 Å². The van der Waals surface area contributed by atoms with Gasteiger partial charge in [0.05, 0.1) is 0 Å². The van der Waals surface area contributed by atoms with Crippen molar-refractivity contribution in [3.63, 3.8) is 0 Å². The molecule has 1 heterocycles. The number of nitriles is 1. The monoisotopic (exact) mass is 463 g/mol. The molecule has 0 radical (unpaired) electrons. The van der Waals surface area contributed by atoms with E-state index in [2.05, 4.69) is 26.2 Å². The Morgan fingerprint density at radius 1 is 1.36 bits per heavy atom. The second kappa shape index (κ2) is 14.2. The third-order valence-corrected chi connectivity index (χ3v) is 6.37. The van der Waals surface area contributed by atoms with Gasteiger partial charge in [-0.1, -0.05) is 0 Å². The maximum atomic E-state index is 12.3. The van der Waals surface area contributed by atoms with Gasteiger partial charge >= 0.3 is 134 Å². The van der Waals surface area contributed by atoms with E-state index in [1.165, 1.54) is 19.0 Å². The molecule has 28 heavy (non-hydrogen) atoms. The first kappa shape index (κ1) is 24.2. The van der Waals surface area contributed by atoms with Crippen molar-refractivity contribution in [1.29, 1.82) is 5.26 Å². The van der Waals surface area contributed by atoms with E-state index in [1.807, 2.05) is 37.3 Å². The summed E-state index contributed by atoms with van der Waals surface area (Å²) in [5.41, 5.74) is 10.9. The fraction of sp³-hybridized carbons (Fsp3) is 0.400. The van der Waals surface area contributed by atoms with Gasteiger partial charge in [0.25, 0.3) is 0 Å². The Bertz CT molecular complexity index is 722. The Morgan fingerprint density at radius 3 is 2.50 bits per heavy atom. The van der Waals surface area contributed by atoms with Gasteiger partial charge in [-0.25, -0.2) is 0 Å². The van der Waals surface area contributed by atoms with E-state index >= 15 is 0 Å². The van der Waals surface area contributed by atoms with Gasteiger partial charge in [0.1, 0.15) is 0 Å².